The Morgan fingerprint density at radius 3 is 2.70 bits per heavy atom. The average molecular weight is 364 g/mol. The van der Waals surface area contributed by atoms with E-state index >= 15 is 0 Å². The lowest BCUT2D eigenvalue weighted by atomic mass is 10.1. The van der Waals surface area contributed by atoms with E-state index in [2.05, 4.69) is 11.9 Å². The number of nitrogens with one attached hydrogen (secondary N) is 1. The molecule has 0 spiro atoms. The topological polar surface area (TPSA) is 58.6 Å². The minimum absolute atomic E-state index is 0.0674. The monoisotopic (exact) mass is 364 g/mol. The zero-order valence-corrected chi connectivity index (χ0v) is 15.7. The van der Waals surface area contributed by atoms with Gasteiger partial charge in [-0.2, -0.15) is 0 Å². The molecule has 0 fully saturated rings. The van der Waals surface area contributed by atoms with Crippen molar-refractivity contribution in [2.75, 3.05) is 16.8 Å². The summed E-state index contributed by atoms with van der Waals surface area (Å²) in [5.41, 5.74) is 3.62. The van der Waals surface area contributed by atoms with Gasteiger partial charge in [0, 0.05) is 18.7 Å². The van der Waals surface area contributed by atoms with Gasteiger partial charge in [-0.3, -0.25) is 9.59 Å². The number of benzene rings is 2. The maximum Gasteiger partial charge on any atom is 0.268 e. The molecule has 140 valence electrons. The molecule has 5 nitrogen and oxygen atoms in total. The van der Waals surface area contributed by atoms with Crippen molar-refractivity contribution in [3.8, 4) is 5.75 Å². The van der Waals surface area contributed by atoms with Gasteiger partial charge in [-0.15, -0.1) is 6.58 Å². The van der Waals surface area contributed by atoms with Crippen molar-refractivity contribution >= 4 is 23.2 Å². The van der Waals surface area contributed by atoms with Crippen LogP contribution in [-0.4, -0.2) is 24.5 Å². The van der Waals surface area contributed by atoms with Crippen LogP contribution in [0.2, 0.25) is 0 Å². The molecule has 2 amide bonds. The van der Waals surface area contributed by atoms with Crippen LogP contribution < -0.4 is 15.0 Å². The number of carbonyl (C=O) groups excluding carboxylic acids is 2. The van der Waals surface area contributed by atoms with Gasteiger partial charge < -0.3 is 15.0 Å². The van der Waals surface area contributed by atoms with Gasteiger partial charge in [0.15, 0.2) is 6.10 Å². The Hall–Kier alpha value is -3.08. The summed E-state index contributed by atoms with van der Waals surface area (Å²) in [5.74, 6) is 0.439. The Bertz CT molecular complexity index is 858. The summed E-state index contributed by atoms with van der Waals surface area (Å²) in [5, 5.41) is 2.90. The molecular formula is C22H24N2O3. The normalized spacial score (nSPS) is 15.7. The summed E-state index contributed by atoms with van der Waals surface area (Å²) in [7, 11) is 0. The lowest BCUT2D eigenvalue weighted by Crippen LogP contribution is -2.44. The summed E-state index contributed by atoms with van der Waals surface area (Å²) in [6, 6.07) is 13.5. The zero-order valence-electron chi connectivity index (χ0n) is 15.7. The van der Waals surface area contributed by atoms with Gasteiger partial charge in [0.05, 0.1) is 5.69 Å². The first-order chi connectivity index (χ1) is 13.0. The summed E-state index contributed by atoms with van der Waals surface area (Å²) in [6.07, 6.45) is 2.21. The first-order valence-electron chi connectivity index (χ1n) is 9.06. The molecule has 1 heterocycles. The van der Waals surface area contributed by atoms with Crippen molar-refractivity contribution in [3.05, 3.63) is 66.2 Å². The highest BCUT2D eigenvalue weighted by Gasteiger charge is 2.30. The van der Waals surface area contributed by atoms with Gasteiger partial charge in [-0.05, 0) is 44.0 Å². The molecule has 27 heavy (non-hydrogen) atoms. The van der Waals surface area contributed by atoms with E-state index in [1.807, 2.05) is 31.2 Å². The van der Waals surface area contributed by atoms with E-state index < -0.39 is 6.10 Å². The van der Waals surface area contributed by atoms with Crippen molar-refractivity contribution in [2.45, 2.75) is 32.8 Å². The Morgan fingerprint density at radius 2 is 2.00 bits per heavy atom. The molecule has 1 atom stereocenters. The molecule has 0 aliphatic carbocycles. The number of anilines is 2. The fourth-order valence-electron chi connectivity index (χ4n) is 3.04. The van der Waals surface area contributed by atoms with Crippen LogP contribution in [0.5, 0.6) is 5.75 Å². The van der Waals surface area contributed by atoms with E-state index in [4.69, 9.17) is 4.74 Å². The lowest BCUT2D eigenvalue weighted by molar-refractivity contribution is -0.125. The quantitative estimate of drug-likeness (QED) is 0.792. The fourth-order valence-corrected chi connectivity index (χ4v) is 3.04. The molecule has 1 aliphatic rings. The molecule has 1 aliphatic heterocycles. The number of carbonyl (C=O) groups is 2. The van der Waals surface area contributed by atoms with Crippen LogP contribution in [-0.2, 0) is 16.0 Å². The molecule has 2 aromatic carbocycles. The Kier molecular flexibility index (Phi) is 5.60. The molecule has 1 N–H and O–H groups in total. The van der Waals surface area contributed by atoms with E-state index in [9.17, 15) is 9.59 Å². The third-order valence-corrected chi connectivity index (χ3v) is 4.52. The number of fused-ring (bicyclic) bond motifs is 1. The highest BCUT2D eigenvalue weighted by Crippen LogP contribution is 2.36. The highest BCUT2D eigenvalue weighted by molar-refractivity contribution is 6.01. The number of nitrogens with zero attached hydrogens (tertiary/aromatic N) is 1. The van der Waals surface area contributed by atoms with Gasteiger partial charge in [0.1, 0.15) is 5.75 Å². The number of hydrogen-bond acceptors (Lipinski definition) is 3. The van der Waals surface area contributed by atoms with E-state index in [-0.39, 0.29) is 11.8 Å². The average Bonchev–Trinajstić information content (AvgIpc) is 2.65. The van der Waals surface area contributed by atoms with Crippen LogP contribution in [0.1, 0.15) is 24.5 Å². The van der Waals surface area contributed by atoms with E-state index in [1.165, 1.54) is 5.56 Å². The Balaban J connectivity index is 1.69. The van der Waals surface area contributed by atoms with Crippen molar-refractivity contribution in [1.29, 1.82) is 0 Å². The molecule has 0 aromatic heterocycles. The number of rotatable bonds is 6. The van der Waals surface area contributed by atoms with E-state index in [0.717, 1.165) is 5.56 Å². The molecule has 3 rings (SSSR count). The summed E-state index contributed by atoms with van der Waals surface area (Å²) in [6.45, 7) is 7.87. The molecule has 0 bridgehead atoms. The van der Waals surface area contributed by atoms with Crippen molar-refractivity contribution < 1.29 is 14.3 Å². The Labute approximate surface area is 159 Å². The predicted octanol–water partition coefficient (Wildman–Crippen LogP) is 3.87. The Morgan fingerprint density at radius 1 is 1.26 bits per heavy atom. The maximum absolute atomic E-state index is 12.4. The standard InChI is InChI=1S/C22H24N2O3/c1-4-13-24-19-14-18(10-11-20(19)27-16(3)22(24)26)23-21(25)12-9-17-7-5-15(2)6-8-17/h4-8,10-11,14,16H,1,9,12-13H2,2-3H3,(H,23,25). The highest BCUT2D eigenvalue weighted by atomic mass is 16.5. The number of ether oxygens (including phenoxy) is 1. The minimum atomic E-state index is -0.535. The second-order valence-corrected chi connectivity index (χ2v) is 6.71. The largest absolute Gasteiger partial charge is 0.479 e. The number of aryl methyl sites for hydroxylation is 2. The SMILES string of the molecule is C=CCN1C(=O)C(C)Oc2ccc(NC(=O)CCc3ccc(C)cc3)cc21. The second kappa shape index (κ2) is 8.08. The maximum atomic E-state index is 12.4. The van der Waals surface area contributed by atoms with Crippen LogP contribution >= 0.6 is 0 Å². The summed E-state index contributed by atoms with van der Waals surface area (Å²) >= 11 is 0. The van der Waals surface area contributed by atoms with Crippen LogP contribution in [0, 0.1) is 6.92 Å². The molecule has 2 aromatic rings. The minimum Gasteiger partial charge on any atom is -0.479 e. The third kappa shape index (κ3) is 4.37. The van der Waals surface area contributed by atoms with E-state index in [0.29, 0.717) is 36.5 Å². The van der Waals surface area contributed by atoms with Gasteiger partial charge in [0.25, 0.3) is 5.91 Å². The third-order valence-electron chi connectivity index (χ3n) is 4.52. The first kappa shape index (κ1) is 18.7. The van der Waals surface area contributed by atoms with E-state index in [1.54, 1.807) is 36.1 Å². The molecular weight excluding hydrogens is 340 g/mol. The van der Waals surface area contributed by atoms with Crippen LogP contribution in [0.4, 0.5) is 11.4 Å². The van der Waals surface area contributed by atoms with Crippen LogP contribution in [0.3, 0.4) is 0 Å². The summed E-state index contributed by atoms with van der Waals surface area (Å²) in [4.78, 5) is 26.3. The van der Waals surface area contributed by atoms with Gasteiger partial charge in [-0.1, -0.05) is 35.9 Å². The molecule has 1 unspecified atom stereocenters. The van der Waals surface area contributed by atoms with Gasteiger partial charge in [-0.25, -0.2) is 0 Å². The van der Waals surface area contributed by atoms with Crippen molar-refractivity contribution in [3.63, 3.8) is 0 Å². The molecule has 0 saturated heterocycles. The molecule has 5 heteroatoms. The van der Waals surface area contributed by atoms with Gasteiger partial charge in [0.2, 0.25) is 5.91 Å². The van der Waals surface area contributed by atoms with Gasteiger partial charge >= 0.3 is 0 Å². The second-order valence-electron chi connectivity index (χ2n) is 6.71. The molecule has 0 radical (unpaired) electrons. The van der Waals surface area contributed by atoms with Crippen molar-refractivity contribution in [2.24, 2.45) is 0 Å². The lowest BCUT2D eigenvalue weighted by Gasteiger charge is -2.32. The number of amides is 2. The molecule has 0 saturated carbocycles. The van der Waals surface area contributed by atoms with Crippen LogP contribution in [0.15, 0.2) is 55.1 Å². The first-order valence-corrected chi connectivity index (χ1v) is 9.06. The predicted molar refractivity (Wildman–Crippen MR) is 107 cm³/mol. The fraction of sp³-hybridized carbons (Fsp3) is 0.273. The van der Waals surface area contributed by atoms with Crippen LogP contribution in [0.25, 0.3) is 0 Å². The van der Waals surface area contributed by atoms with Crippen molar-refractivity contribution in [1.82, 2.24) is 0 Å². The number of hydrogen-bond donors (Lipinski definition) is 1. The smallest absolute Gasteiger partial charge is 0.268 e. The summed E-state index contributed by atoms with van der Waals surface area (Å²) < 4.78 is 5.66. The zero-order chi connectivity index (χ0) is 19.4.